The number of aliphatic imine (C=N–C) groups is 1. The van der Waals surface area contributed by atoms with Gasteiger partial charge in [-0.3, -0.25) is 4.99 Å². The van der Waals surface area contributed by atoms with Crippen molar-refractivity contribution in [3.05, 3.63) is 12.2 Å². The van der Waals surface area contributed by atoms with Gasteiger partial charge in [-0.2, -0.15) is 0 Å². The van der Waals surface area contributed by atoms with Crippen molar-refractivity contribution in [3.8, 4) is 0 Å². The number of ether oxygens (including phenoxy) is 1. The third kappa shape index (κ3) is 4.32. The van der Waals surface area contributed by atoms with E-state index >= 15 is 0 Å². The van der Waals surface area contributed by atoms with Crippen molar-refractivity contribution in [2.75, 3.05) is 19.7 Å². The molecule has 0 amide bonds. The van der Waals surface area contributed by atoms with Crippen molar-refractivity contribution < 1.29 is 4.74 Å². The largest absolute Gasteiger partial charge is 0.378 e. The lowest BCUT2D eigenvalue weighted by Crippen LogP contribution is -2.68. The molecule has 0 aliphatic heterocycles. The Morgan fingerprint density at radius 3 is 2.81 bits per heavy atom. The third-order valence-electron chi connectivity index (χ3n) is 5.72. The van der Waals surface area contributed by atoms with Gasteiger partial charge in [-0.05, 0) is 33.1 Å². The van der Waals surface area contributed by atoms with Crippen molar-refractivity contribution in [1.29, 1.82) is 0 Å². The minimum atomic E-state index is 0. The van der Waals surface area contributed by atoms with Gasteiger partial charge in [0.15, 0.2) is 5.96 Å². The van der Waals surface area contributed by atoms with E-state index in [2.05, 4.69) is 46.2 Å². The van der Waals surface area contributed by atoms with E-state index in [1.807, 2.05) is 0 Å². The molecule has 7 nitrogen and oxygen atoms in total. The van der Waals surface area contributed by atoms with Crippen molar-refractivity contribution in [2.45, 2.75) is 71.6 Å². The molecule has 1 aromatic rings. The molecule has 1 heterocycles. The SMILES string of the molecule is CCNC(=NCCn1cnnc1CC)NC1CC(OCC)C12CCC2.I. The Labute approximate surface area is 173 Å². The molecule has 2 N–H and O–H groups in total. The van der Waals surface area contributed by atoms with Crippen molar-refractivity contribution >= 4 is 29.9 Å². The fourth-order valence-corrected chi connectivity index (χ4v) is 4.13. The van der Waals surface area contributed by atoms with Gasteiger partial charge in [-0.25, -0.2) is 0 Å². The van der Waals surface area contributed by atoms with Crippen molar-refractivity contribution in [1.82, 2.24) is 25.4 Å². The lowest BCUT2D eigenvalue weighted by molar-refractivity contribution is -0.168. The molecule has 3 rings (SSSR count). The average Bonchev–Trinajstić information content (AvgIpc) is 2.99. The van der Waals surface area contributed by atoms with Gasteiger partial charge in [0.2, 0.25) is 0 Å². The molecule has 2 fully saturated rings. The molecular weight excluding hydrogens is 443 g/mol. The van der Waals surface area contributed by atoms with E-state index in [4.69, 9.17) is 9.73 Å². The summed E-state index contributed by atoms with van der Waals surface area (Å²) in [5.74, 6) is 1.93. The minimum Gasteiger partial charge on any atom is -0.378 e. The summed E-state index contributed by atoms with van der Waals surface area (Å²) in [5, 5.41) is 15.1. The first-order valence-corrected chi connectivity index (χ1v) is 9.76. The Morgan fingerprint density at radius 1 is 1.38 bits per heavy atom. The number of nitrogens with one attached hydrogen (secondary N) is 2. The molecule has 0 saturated heterocycles. The normalized spacial score (nSPS) is 23.7. The number of hydrogen-bond acceptors (Lipinski definition) is 4. The predicted octanol–water partition coefficient (Wildman–Crippen LogP) is 2.36. The zero-order chi connectivity index (χ0) is 17.7. The maximum Gasteiger partial charge on any atom is 0.191 e. The lowest BCUT2D eigenvalue weighted by Gasteiger charge is -2.61. The van der Waals surface area contributed by atoms with Crippen LogP contribution in [-0.2, 0) is 17.7 Å². The second-order valence-corrected chi connectivity index (χ2v) is 7.02. The molecule has 148 valence electrons. The maximum absolute atomic E-state index is 5.95. The van der Waals surface area contributed by atoms with Gasteiger partial charge in [0.25, 0.3) is 0 Å². The van der Waals surface area contributed by atoms with Gasteiger partial charge in [-0.1, -0.05) is 13.3 Å². The Hall–Kier alpha value is -0.900. The number of nitrogens with zero attached hydrogens (tertiary/aromatic N) is 4. The van der Waals surface area contributed by atoms with Crippen molar-refractivity contribution in [3.63, 3.8) is 0 Å². The van der Waals surface area contributed by atoms with E-state index in [1.54, 1.807) is 6.33 Å². The number of aromatic nitrogens is 3. The number of aryl methyl sites for hydroxylation is 1. The molecule has 2 aliphatic rings. The van der Waals surface area contributed by atoms with Gasteiger partial charge in [-0.15, -0.1) is 34.2 Å². The van der Waals surface area contributed by atoms with Gasteiger partial charge in [0.1, 0.15) is 12.2 Å². The quantitative estimate of drug-likeness (QED) is 0.342. The second kappa shape index (κ2) is 9.87. The minimum absolute atomic E-state index is 0. The number of rotatable bonds is 8. The van der Waals surface area contributed by atoms with Gasteiger partial charge < -0.3 is 19.9 Å². The molecule has 1 aromatic heterocycles. The molecule has 0 bridgehead atoms. The standard InChI is InChI=1S/C18H32N6O.HI/c1-4-16-23-21-13-24(16)11-10-20-17(19-5-2)22-14-12-15(25-6-3)18(14)8-7-9-18;/h13-15H,4-12H2,1-3H3,(H2,19,20,22);1H. The predicted molar refractivity (Wildman–Crippen MR) is 114 cm³/mol. The molecule has 2 atom stereocenters. The number of guanidine groups is 1. The zero-order valence-electron chi connectivity index (χ0n) is 16.2. The summed E-state index contributed by atoms with van der Waals surface area (Å²) in [5.41, 5.74) is 0.343. The molecule has 8 heteroatoms. The first-order chi connectivity index (χ1) is 12.2. The average molecular weight is 476 g/mol. The summed E-state index contributed by atoms with van der Waals surface area (Å²) in [4.78, 5) is 4.76. The van der Waals surface area contributed by atoms with E-state index < -0.39 is 0 Å². The van der Waals surface area contributed by atoms with Gasteiger partial charge >= 0.3 is 0 Å². The van der Waals surface area contributed by atoms with E-state index in [-0.39, 0.29) is 24.0 Å². The lowest BCUT2D eigenvalue weighted by atomic mass is 9.51. The Kier molecular flexibility index (Phi) is 8.12. The summed E-state index contributed by atoms with van der Waals surface area (Å²) in [6.45, 7) is 9.50. The van der Waals surface area contributed by atoms with Crippen LogP contribution in [0.15, 0.2) is 11.3 Å². The summed E-state index contributed by atoms with van der Waals surface area (Å²) < 4.78 is 8.02. The molecule has 1 spiro atoms. The van der Waals surface area contributed by atoms with Crippen LogP contribution in [0.3, 0.4) is 0 Å². The van der Waals surface area contributed by atoms with Crippen LogP contribution in [0.4, 0.5) is 0 Å². The van der Waals surface area contributed by atoms with Crippen LogP contribution < -0.4 is 10.6 Å². The van der Waals surface area contributed by atoms with Crippen LogP contribution in [0.5, 0.6) is 0 Å². The van der Waals surface area contributed by atoms with Crippen LogP contribution in [0.1, 0.15) is 52.3 Å². The summed E-state index contributed by atoms with van der Waals surface area (Å²) in [6, 6.07) is 0.483. The smallest absolute Gasteiger partial charge is 0.191 e. The van der Waals surface area contributed by atoms with Crippen LogP contribution in [0.25, 0.3) is 0 Å². The fraction of sp³-hybridized carbons (Fsp3) is 0.833. The topological polar surface area (TPSA) is 76.4 Å². The molecule has 0 aromatic carbocycles. The highest BCUT2D eigenvalue weighted by atomic mass is 127. The van der Waals surface area contributed by atoms with E-state index in [0.717, 1.165) is 50.9 Å². The second-order valence-electron chi connectivity index (χ2n) is 7.02. The van der Waals surface area contributed by atoms with E-state index in [1.165, 1.54) is 19.3 Å². The Morgan fingerprint density at radius 2 is 2.19 bits per heavy atom. The molecule has 2 saturated carbocycles. The number of halogens is 1. The summed E-state index contributed by atoms with van der Waals surface area (Å²) in [6.07, 6.45) is 8.06. The summed E-state index contributed by atoms with van der Waals surface area (Å²) >= 11 is 0. The van der Waals surface area contributed by atoms with Crippen molar-refractivity contribution in [2.24, 2.45) is 10.4 Å². The van der Waals surface area contributed by atoms with Crippen LogP contribution in [0.2, 0.25) is 0 Å². The number of hydrogen-bond donors (Lipinski definition) is 2. The molecule has 26 heavy (non-hydrogen) atoms. The Balaban J connectivity index is 0.00000243. The highest BCUT2D eigenvalue weighted by Crippen LogP contribution is 2.57. The third-order valence-corrected chi connectivity index (χ3v) is 5.72. The van der Waals surface area contributed by atoms with Gasteiger partial charge in [0.05, 0.1) is 12.6 Å². The summed E-state index contributed by atoms with van der Waals surface area (Å²) in [7, 11) is 0. The zero-order valence-corrected chi connectivity index (χ0v) is 18.5. The van der Waals surface area contributed by atoms with E-state index in [9.17, 15) is 0 Å². The molecule has 2 unspecified atom stereocenters. The Bertz CT molecular complexity index is 586. The van der Waals surface area contributed by atoms with Crippen LogP contribution >= 0.6 is 24.0 Å². The molecule has 2 aliphatic carbocycles. The molecular formula is C18H33IN6O. The van der Waals surface area contributed by atoms with Gasteiger partial charge in [0, 0.05) is 37.6 Å². The first kappa shape index (κ1) is 21.4. The maximum atomic E-state index is 5.95. The highest BCUT2D eigenvalue weighted by molar-refractivity contribution is 14.0. The highest BCUT2D eigenvalue weighted by Gasteiger charge is 2.59. The molecule has 0 radical (unpaired) electrons. The first-order valence-electron chi connectivity index (χ1n) is 9.76. The monoisotopic (exact) mass is 476 g/mol. The van der Waals surface area contributed by atoms with Crippen LogP contribution in [-0.4, -0.2) is 52.6 Å². The van der Waals surface area contributed by atoms with E-state index in [0.29, 0.717) is 17.6 Å². The van der Waals surface area contributed by atoms with Crippen LogP contribution in [0, 0.1) is 5.41 Å². The fourth-order valence-electron chi connectivity index (χ4n) is 4.13.